The van der Waals surface area contributed by atoms with Crippen LogP contribution in [0, 0.1) is 5.82 Å². The van der Waals surface area contributed by atoms with E-state index in [0.29, 0.717) is 35.9 Å². The first-order valence-corrected chi connectivity index (χ1v) is 13.9. The maximum atomic E-state index is 15.4. The Bertz CT molecular complexity index is 1780. The van der Waals surface area contributed by atoms with Gasteiger partial charge in [0, 0.05) is 30.1 Å². The Balaban J connectivity index is 1.31. The molecule has 214 valence electrons. The lowest BCUT2D eigenvalue weighted by Gasteiger charge is -2.45. The fourth-order valence-corrected chi connectivity index (χ4v) is 5.93. The normalized spacial score (nSPS) is 18.6. The van der Waals surface area contributed by atoms with Gasteiger partial charge in [0.15, 0.2) is 11.4 Å². The van der Waals surface area contributed by atoms with Crippen LogP contribution in [0.1, 0.15) is 34.3 Å². The zero-order valence-corrected chi connectivity index (χ0v) is 23.0. The van der Waals surface area contributed by atoms with Crippen molar-refractivity contribution in [2.75, 3.05) is 18.4 Å². The van der Waals surface area contributed by atoms with Gasteiger partial charge in [-0.1, -0.05) is 41.9 Å². The summed E-state index contributed by atoms with van der Waals surface area (Å²) in [6, 6.07) is 19.0. The van der Waals surface area contributed by atoms with Crippen molar-refractivity contribution in [1.82, 2.24) is 15.2 Å². The number of halogens is 2. The van der Waals surface area contributed by atoms with Crippen molar-refractivity contribution in [3.63, 3.8) is 0 Å². The Morgan fingerprint density at radius 1 is 1.07 bits per heavy atom. The topological polar surface area (TPSA) is 121 Å². The zero-order valence-electron chi connectivity index (χ0n) is 22.3. The first-order chi connectivity index (χ1) is 20.2. The van der Waals surface area contributed by atoms with Gasteiger partial charge in [-0.15, -0.1) is 0 Å². The molecule has 3 N–H and O–H groups in total. The molecule has 4 aromatic rings. The van der Waals surface area contributed by atoms with Crippen LogP contribution in [0.3, 0.4) is 0 Å². The first kappa shape index (κ1) is 27.5. The summed E-state index contributed by atoms with van der Waals surface area (Å²) in [6.07, 6.45) is 0.182. The number of carbonyl (C=O) groups is 3. The average molecular weight is 589 g/mol. The van der Waals surface area contributed by atoms with Crippen molar-refractivity contribution in [3.8, 4) is 0 Å². The molecule has 2 aliphatic heterocycles. The van der Waals surface area contributed by atoms with Gasteiger partial charge in [0.2, 0.25) is 11.5 Å². The molecule has 1 fully saturated rings. The highest BCUT2D eigenvalue weighted by Crippen LogP contribution is 2.45. The highest BCUT2D eigenvalue weighted by Gasteiger charge is 2.49. The van der Waals surface area contributed by atoms with E-state index in [1.807, 2.05) is 30.3 Å². The van der Waals surface area contributed by atoms with Gasteiger partial charge >= 0.3 is 6.09 Å². The molecule has 0 unspecified atom stereocenters. The third kappa shape index (κ3) is 5.21. The van der Waals surface area contributed by atoms with Gasteiger partial charge < -0.3 is 19.9 Å². The number of benzene rings is 3. The minimum absolute atomic E-state index is 0.102. The van der Waals surface area contributed by atoms with E-state index in [2.05, 4.69) is 15.6 Å². The number of rotatable bonds is 5. The van der Waals surface area contributed by atoms with E-state index in [0.717, 1.165) is 5.56 Å². The van der Waals surface area contributed by atoms with Crippen LogP contribution < -0.4 is 16.2 Å². The molecule has 1 saturated heterocycles. The summed E-state index contributed by atoms with van der Waals surface area (Å²) in [7, 11) is 0. The Morgan fingerprint density at radius 3 is 2.69 bits per heavy atom. The molecule has 0 bridgehead atoms. The number of hydrogen-bond acceptors (Lipinski definition) is 5. The fourth-order valence-electron chi connectivity index (χ4n) is 5.77. The van der Waals surface area contributed by atoms with E-state index in [4.69, 9.17) is 16.3 Å². The molecule has 1 aromatic heterocycles. The zero-order chi connectivity index (χ0) is 29.4. The van der Waals surface area contributed by atoms with Gasteiger partial charge in [0.25, 0.3) is 5.91 Å². The molecule has 9 nitrogen and oxygen atoms in total. The van der Waals surface area contributed by atoms with Crippen LogP contribution in [0.15, 0.2) is 77.6 Å². The van der Waals surface area contributed by atoms with Crippen LogP contribution >= 0.6 is 11.6 Å². The molecule has 6 rings (SSSR count). The number of anilines is 1. The highest BCUT2D eigenvalue weighted by molar-refractivity contribution is 6.31. The molecule has 0 saturated carbocycles. The van der Waals surface area contributed by atoms with E-state index < -0.39 is 35.4 Å². The molecule has 3 aromatic carbocycles. The van der Waals surface area contributed by atoms with Crippen molar-refractivity contribution in [1.29, 1.82) is 0 Å². The van der Waals surface area contributed by atoms with Crippen LogP contribution in [-0.4, -0.2) is 46.9 Å². The number of H-pyrrole nitrogens is 1. The summed E-state index contributed by atoms with van der Waals surface area (Å²) in [5.41, 5.74) is 0.385. The summed E-state index contributed by atoms with van der Waals surface area (Å²) in [6.45, 7) is 0.224. The van der Waals surface area contributed by atoms with Crippen molar-refractivity contribution in [2.45, 2.75) is 30.9 Å². The highest BCUT2D eigenvalue weighted by atomic mass is 35.5. The molecule has 2 atom stereocenters. The summed E-state index contributed by atoms with van der Waals surface area (Å²) >= 11 is 6.09. The van der Waals surface area contributed by atoms with Gasteiger partial charge in [-0.25, -0.2) is 9.18 Å². The smallest absolute Gasteiger partial charge is 0.412 e. The number of nitrogens with zero attached hydrogens (tertiary/aromatic N) is 1. The SMILES string of the molecule is O=C1Nc2ccc(Cl)c(F)c2[C@@]2(CCCN(C(=O)[C@H](Cc3ccccc3)NC(=O)c3ccc4[nH]c(=O)ccc4c3)C2)O1. The van der Waals surface area contributed by atoms with Gasteiger partial charge in [0.05, 0.1) is 22.8 Å². The second kappa shape index (κ2) is 10.9. The number of fused-ring (bicyclic) bond motifs is 3. The maximum Gasteiger partial charge on any atom is 0.412 e. The van der Waals surface area contributed by atoms with Crippen LogP contribution in [-0.2, 0) is 21.6 Å². The van der Waals surface area contributed by atoms with Gasteiger partial charge in [-0.2, -0.15) is 0 Å². The summed E-state index contributed by atoms with van der Waals surface area (Å²) in [5, 5.41) is 5.94. The van der Waals surface area contributed by atoms with Gasteiger partial charge in [-0.3, -0.25) is 19.7 Å². The number of hydrogen-bond donors (Lipinski definition) is 3. The molecule has 3 heterocycles. The lowest BCUT2D eigenvalue weighted by atomic mass is 9.82. The number of likely N-dealkylation sites (tertiary alicyclic amines) is 1. The molecule has 2 aliphatic rings. The molecular weight excluding hydrogens is 563 g/mol. The second-order valence-electron chi connectivity index (χ2n) is 10.5. The summed E-state index contributed by atoms with van der Waals surface area (Å²) in [5.74, 6) is -1.58. The molecule has 0 aliphatic carbocycles. The summed E-state index contributed by atoms with van der Waals surface area (Å²) < 4.78 is 21.1. The predicted octanol–water partition coefficient (Wildman–Crippen LogP) is 4.74. The molecule has 42 heavy (non-hydrogen) atoms. The lowest BCUT2D eigenvalue weighted by molar-refractivity contribution is -0.141. The minimum Gasteiger partial charge on any atom is -0.436 e. The van der Waals surface area contributed by atoms with Crippen LogP contribution in [0.4, 0.5) is 14.9 Å². The Hall–Kier alpha value is -4.70. The maximum absolute atomic E-state index is 15.4. The van der Waals surface area contributed by atoms with E-state index in [1.54, 1.807) is 24.3 Å². The minimum atomic E-state index is -1.43. The van der Waals surface area contributed by atoms with Crippen LogP contribution in [0.2, 0.25) is 5.02 Å². The Labute approximate surface area is 244 Å². The molecule has 3 amide bonds. The summed E-state index contributed by atoms with van der Waals surface area (Å²) in [4.78, 5) is 55.9. The third-order valence-corrected chi connectivity index (χ3v) is 8.01. The van der Waals surface area contributed by atoms with E-state index in [1.165, 1.54) is 23.1 Å². The monoisotopic (exact) mass is 588 g/mol. The fraction of sp³-hybridized carbons (Fsp3) is 0.226. The lowest BCUT2D eigenvalue weighted by Crippen LogP contribution is -2.57. The van der Waals surface area contributed by atoms with Gasteiger partial charge in [0.1, 0.15) is 6.04 Å². The predicted molar refractivity (Wildman–Crippen MR) is 155 cm³/mol. The van der Waals surface area contributed by atoms with E-state index in [9.17, 15) is 19.2 Å². The first-order valence-electron chi connectivity index (χ1n) is 13.5. The molecule has 0 radical (unpaired) electrons. The van der Waals surface area contributed by atoms with Crippen molar-refractivity contribution in [2.24, 2.45) is 0 Å². The quantitative estimate of drug-likeness (QED) is 0.311. The van der Waals surface area contributed by atoms with E-state index >= 15 is 4.39 Å². The van der Waals surface area contributed by atoms with Crippen molar-refractivity contribution in [3.05, 3.63) is 111 Å². The number of ether oxygens (including phenoxy) is 1. The molecular formula is C31H26ClFN4O5. The number of piperidine rings is 1. The second-order valence-corrected chi connectivity index (χ2v) is 10.9. The standard InChI is InChI=1S/C31H26ClFN4O5/c32-21-9-11-23-26(27(21)33)31(42-30(41)36-23)13-4-14-37(17-31)29(40)24(15-18-5-2-1-3-6-18)35-28(39)20-7-10-22-19(16-20)8-12-25(38)34-22/h1-3,5-12,16,24H,4,13-15,17H2,(H,34,38)(H,35,39)(H,36,41)/t24-,31-/m0/s1. The van der Waals surface area contributed by atoms with Gasteiger partial charge in [-0.05, 0) is 60.2 Å². The van der Waals surface area contributed by atoms with Crippen molar-refractivity contribution < 1.29 is 23.5 Å². The number of aromatic amines is 1. The number of aromatic nitrogens is 1. The average Bonchev–Trinajstić information content (AvgIpc) is 2.98. The molecule has 11 heteroatoms. The Kier molecular flexibility index (Phi) is 7.16. The van der Waals surface area contributed by atoms with E-state index in [-0.39, 0.29) is 34.8 Å². The number of pyridine rings is 1. The van der Waals surface area contributed by atoms with Crippen molar-refractivity contribution >= 4 is 46.1 Å². The van der Waals surface area contributed by atoms with Crippen LogP contribution in [0.5, 0.6) is 0 Å². The van der Waals surface area contributed by atoms with Crippen LogP contribution in [0.25, 0.3) is 10.9 Å². The number of amides is 3. The Morgan fingerprint density at radius 2 is 1.88 bits per heavy atom. The number of nitrogens with one attached hydrogen (secondary N) is 3. The largest absolute Gasteiger partial charge is 0.436 e. The number of carbonyl (C=O) groups excluding carboxylic acids is 3. The third-order valence-electron chi connectivity index (χ3n) is 7.71. The molecule has 1 spiro atoms.